The van der Waals surface area contributed by atoms with Gasteiger partial charge in [-0.1, -0.05) is 6.92 Å². The second kappa shape index (κ2) is 7.82. The molecular weight excluding hydrogens is 280 g/mol. The Morgan fingerprint density at radius 3 is 2.64 bits per heavy atom. The summed E-state index contributed by atoms with van der Waals surface area (Å²) in [6.07, 6.45) is 4.43. The number of methoxy groups -OCH3 is 1. The highest BCUT2D eigenvalue weighted by Crippen LogP contribution is 2.19. The van der Waals surface area contributed by atoms with E-state index in [-0.39, 0.29) is 18.4 Å². The molecule has 0 aromatic heterocycles. The Labute approximate surface area is 131 Å². The fraction of sp³-hybridized carbons (Fsp3) is 0.529. The van der Waals surface area contributed by atoms with Gasteiger partial charge in [0.2, 0.25) is 5.91 Å². The molecule has 1 atom stereocenters. The number of esters is 1. The van der Waals surface area contributed by atoms with E-state index >= 15 is 0 Å². The number of nitrogens with one attached hydrogen (secondary N) is 1. The van der Waals surface area contributed by atoms with Crippen LogP contribution in [0, 0.1) is 0 Å². The maximum Gasteiger partial charge on any atom is 0.337 e. The van der Waals surface area contributed by atoms with Crippen molar-refractivity contribution in [1.29, 1.82) is 0 Å². The second-order valence-electron chi connectivity index (χ2n) is 5.57. The molecular formula is C17H24N2O3. The fourth-order valence-corrected chi connectivity index (χ4v) is 2.87. The van der Waals surface area contributed by atoms with Gasteiger partial charge in [-0.05, 0) is 49.9 Å². The van der Waals surface area contributed by atoms with Gasteiger partial charge in [-0.3, -0.25) is 4.79 Å². The molecule has 1 amide bonds. The van der Waals surface area contributed by atoms with Crippen LogP contribution in [0.1, 0.15) is 43.0 Å². The van der Waals surface area contributed by atoms with Crippen LogP contribution in [0.25, 0.3) is 0 Å². The molecule has 1 heterocycles. The van der Waals surface area contributed by atoms with E-state index in [2.05, 4.69) is 17.0 Å². The summed E-state index contributed by atoms with van der Waals surface area (Å²) in [6, 6.07) is 7.33. The van der Waals surface area contributed by atoms with E-state index in [1.807, 2.05) is 4.90 Å². The lowest BCUT2D eigenvalue weighted by Gasteiger charge is -2.35. The maximum absolute atomic E-state index is 12.4. The van der Waals surface area contributed by atoms with Gasteiger partial charge in [0.05, 0.1) is 19.2 Å². The van der Waals surface area contributed by atoms with Crippen LogP contribution in [0.15, 0.2) is 24.3 Å². The molecule has 1 aromatic carbocycles. The van der Waals surface area contributed by atoms with Crippen LogP contribution in [0.5, 0.6) is 0 Å². The Bertz CT molecular complexity index is 513. The summed E-state index contributed by atoms with van der Waals surface area (Å²) >= 11 is 0. The van der Waals surface area contributed by atoms with Gasteiger partial charge in [0.25, 0.3) is 0 Å². The lowest BCUT2D eigenvalue weighted by atomic mass is 10.00. The highest BCUT2D eigenvalue weighted by Gasteiger charge is 2.24. The molecule has 5 nitrogen and oxygen atoms in total. The number of carbonyl (C=O) groups is 2. The number of hydrogen-bond acceptors (Lipinski definition) is 4. The summed E-state index contributed by atoms with van der Waals surface area (Å²) in [5.74, 6) is -0.217. The van der Waals surface area contributed by atoms with Crippen molar-refractivity contribution in [2.45, 2.75) is 38.6 Å². The number of anilines is 1. The van der Waals surface area contributed by atoms with Gasteiger partial charge in [-0.15, -0.1) is 0 Å². The van der Waals surface area contributed by atoms with Crippen molar-refractivity contribution in [3.8, 4) is 0 Å². The average molecular weight is 304 g/mol. The zero-order chi connectivity index (χ0) is 15.9. The predicted molar refractivity (Wildman–Crippen MR) is 85.9 cm³/mol. The molecule has 22 heavy (non-hydrogen) atoms. The smallest absolute Gasteiger partial charge is 0.337 e. The third kappa shape index (κ3) is 4.00. The summed E-state index contributed by atoms with van der Waals surface area (Å²) in [4.78, 5) is 25.7. The molecule has 5 heteroatoms. The molecule has 0 bridgehead atoms. The molecule has 1 unspecified atom stereocenters. The summed E-state index contributed by atoms with van der Waals surface area (Å²) in [7, 11) is 1.36. The van der Waals surface area contributed by atoms with Crippen LogP contribution in [0.3, 0.4) is 0 Å². The van der Waals surface area contributed by atoms with Gasteiger partial charge in [0, 0.05) is 18.3 Å². The predicted octanol–water partition coefficient (Wildman–Crippen LogP) is 2.68. The molecule has 1 fully saturated rings. The molecule has 1 saturated heterocycles. The van der Waals surface area contributed by atoms with Crippen molar-refractivity contribution in [2.24, 2.45) is 0 Å². The number of carbonyl (C=O) groups excluding carboxylic acids is 2. The number of piperidine rings is 1. The minimum absolute atomic E-state index is 0.142. The summed E-state index contributed by atoms with van der Waals surface area (Å²) in [6.45, 7) is 3.28. The quantitative estimate of drug-likeness (QED) is 0.850. The van der Waals surface area contributed by atoms with Gasteiger partial charge in [-0.25, -0.2) is 4.79 Å². The van der Waals surface area contributed by atoms with E-state index < -0.39 is 0 Å². The van der Waals surface area contributed by atoms with Crippen molar-refractivity contribution < 1.29 is 14.3 Å². The Morgan fingerprint density at radius 1 is 1.27 bits per heavy atom. The molecule has 120 valence electrons. The van der Waals surface area contributed by atoms with Gasteiger partial charge in [0.1, 0.15) is 0 Å². The maximum atomic E-state index is 12.4. The van der Waals surface area contributed by atoms with Crippen molar-refractivity contribution in [2.75, 3.05) is 25.5 Å². The van der Waals surface area contributed by atoms with Gasteiger partial charge in [-0.2, -0.15) is 0 Å². The van der Waals surface area contributed by atoms with E-state index in [0.717, 1.165) is 31.5 Å². The Kier molecular flexibility index (Phi) is 5.81. The van der Waals surface area contributed by atoms with Crippen LogP contribution in [0.2, 0.25) is 0 Å². The molecule has 1 aliphatic heterocycles. The SMILES string of the molecule is CCC1CCCCN1C(=O)CNc1ccc(C(=O)OC)cc1. The molecule has 0 radical (unpaired) electrons. The Morgan fingerprint density at radius 2 is 2.00 bits per heavy atom. The minimum atomic E-state index is -0.360. The van der Waals surface area contributed by atoms with Gasteiger partial charge in [0.15, 0.2) is 0 Å². The van der Waals surface area contributed by atoms with E-state index in [4.69, 9.17) is 0 Å². The Hall–Kier alpha value is -2.04. The third-order valence-electron chi connectivity index (χ3n) is 4.17. The topological polar surface area (TPSA) is 58.6 Å². The zero-order valence-electron chi connectivity index (χ0n) is 13.3. The molecule has 0 aliphatic carbocycles. The van der Waals surface area contributed by atoms with Crippen LogP contribution in [0.4, 0.5) is 5.69 Å². The normalized spacial score (nSPS) is 17.9. The lowest BCUT2D eigenvalue weighted by molar-refractivity contribution is -0.133. The van der Waals surface area contributed by atoms with Crippen molar-refractivity contribution in [3.63, 3.8) is 0 Å². The summed E-state index contributed by atoms with van der Waals surface area (Å²) in [5, 5.41) is 3.13. The van der Waals surface area contributed by atoms with Crippen LogP contribution in [-0.4, -0.2) is 43.0 Å². The lowest BCUT2D eigenvalue weighted by Crippen LogP contribution is -2.45. The van der Waals surface area contributed by atoms with Crippen LogP contribution in [-0.2, 0) is 9.53 Å². The highest BCUT2D eigenvalue weighted by atomic mass is 16.5. The number of nitrogens with zero attached hydrogens (tertiary/aromatic N) is 1. The number of amides is 1. The van der Waals surface area contributed by atoms with Gasteiger partial charge >= 0.3 is 5.97 Å². The van der Waals surface area contributed by atoms with E-state index in [1.54, 1.807) is 24.3 Å². The van der Waals surface area contributed by atoms with Crippen molar-refractivity contribution in [1.82, 2.24) is 4.90 Å². The monoisotopic (exact) mass is 304 g/mol. The standard InChI is InChI=1S/C17H24N2O3/c1-3-15-6-4-5-11-19(15)16(20)12-18-14-9-7-13(8-10-14)17(21)22-2/h7-10,15,18H,3-6,11-12H2,1-2H3. The minimum Gasteiger partial charge on any atom is -0.465 e. The zero-order valence-corrected chi connectivity index (χ0v) is 13.3. The number of ether oxygens (including phenoxy) is 1. The number of benzene rings is 1. The Balaban J connectivity index is 1.89. The molecule has 0 spiro atoms. The molecule has 0 saturated carbocycles. The first kappa shape index (κ1) is 16.3. The molecule has 2 rings (SSSR count). The van der Waals surface area contributed by atoms with Gasteiger partial charge < -0.3 is 15.0 Å². The average Bonchev–Trinajstić information content (AvgIpc) is 2.59. The second-order valence-corrected chi connectivity index (χ2v) is 5.57. The largest absolute Gasteiger partial charge is 0.465 e. The van der Waals surface area contributed by atoms with E-state index in [9.17, 15) is 9.59 Å². The fourth-order valence-electron chi connectivity index (χ4n) is 2.87. The van der Waals surface area contributed by atoms with E-state index in [0.29, 0.717) is 11.6 Å². The molecule has 1 aromatic rings. The van der Waals surface area contributed by atoms with E-state index in [1.165, 1.54) is 13.5 Å². The molecule has 1 N–H and O–H groups in total. The van der Waals surface area contributed by atoms with Crippen LogP contribution >= 0.6 is 0 Å². The number of hydrogen-bond donors (Lipinski definition) is 1. The summed E-state index contributed by atoms with van der Waals surface area (Å²) in [5.41, 5.74) is 1.33. The summed E-state index contributed by atoms with van der Waals surface area (Å²) < 4.78 is 4.66. The third-order valence-corrected chi connectivity index (χ3v) is 4.17. The van der Waals surface area contributed by atoms with Crippen molar-refractivity contribution in [3.05, 3.63) is 29.8 Å². The number of rotatable bonds is 5. The molecule has 1 aliphatic rings. The number of likely N-dealkylation sites (tertiary alicyclic amines) is 1. The van der Waals surface area contributed by atoms with Crippen LogP contribution < -0.4 is 5.32 Å². The highest BCUT2D eigenvalue weighted by molar-refractivity contribution is 5.89. The first-order chi connectivity index (χ1) is 10.7. The first-order valence-electron chi connectivity index (χ1n) is 7.87. The van der Waals surface area contributed by atoms with Crippen molar-refractivity contribution >= 4 is 17.6 Å². The first-order valence-corrected chi connectivity index (χ1v) is 7.87.